The van der Waals surface area contributed by atoms with E-state index in [0.717, 1.165) is 23.3 Å². The highest BCUT2D eigenvalue weighted by molar-refractivity contribution is 5.60. The van der Waals surface area contributed by atoms with Gasteiger partial charge in [-0.3, -0.25) is 0 Å². The van der Waals surface area contributed by atoms with E-state index in [1.54, 1.807) is 6.20 Å². The van der Waals surface area contributed by atoms with Crippen LogP contribution in [0.3, 0.4) is 0 Å². The van der Waals surface area contributed by atoms with Gasteiger partial charge in [0.2, 0.25) is 0 Å². The van der Waals surface area contributed by atoms with E-state index in [4.69, 9.17) is 10.3 Å². The van der Waals surface area contributed by atoms with Gasteiger partial charge >= 0.3 is 0 Å². The molecule has 0 aliphatic carbocycles. The SMILES string of the molecule is CC(C)Cc1ccc(-c2oncc2CN)cc1. The largest absolute Gasteiger partial charge is 0.356 e. The monoisotopic (exact) mass is 230 g/mol. The molecule has 0 saturated carbocycles. The quantitative estimate of drug-likeness (QED) is 0.878. The average Bonchev–Trinajstić information content (AvgIpc) is 2.77. The molecule has 17 heavy (non-hydrogen) atoms. The summed E-state index contributed by atoms with van der Waals surface area (Å²) in [6, 6.07) is 8.41. The third kappa shape index (κ3) is 2.74. The number of benzene rings is 1. The number of nitrogens with zero attached hydrogens (tertiary/aromatic N) is 1. The third-order valence-electron chi connectivity index (χ3n) is 2.72. The molecule has 90 valence electrons. The van der Waals surface area contributed by atoms with Crippen LogP contribution in [0.25, 0.3) is 11.3 Å². The van der Waals surface area contributed by atoms with Gasteiger partial charge in [-0.2, -0.15) is 0 Å². The van der Waals surface area contributed by atoms with Crippen LogP contribution in [0.15, 0.2) is 35.0 Å². The zero-order valence-electron chi connectivity index (χ0n) is 10.3. The van der Waals surface area contributed by atoms with Crippen molar-refractivity contribution < 1.29 is 4.52 Å². The fourth-order valence-electron chi connectivity index (χ4n) is 1.91. The highest BCUT2D eigenvalue weighted by Crippen LogP contribution is 2.24. The molecule has 0 spiro atoms. The molecule has 1 heterocycles. The molecule has 1 aromatic carbocycles. The first-order chi connectivity index (χ1) is 8.20. The lowest BCUT2D eigenvalue weighted by Crippen LogP contribution is -1.96. The molecule has 2 aromatic rings. The van der Waals surface area contributed by atoms with Crippen LogP contribution in [0.2, 0.25) is 0 Å². The molecule has 0 radical (unpaired) electrons. The smallest absolute Gasteiger partial charge is 0.171 e. The van der Waals surface area contributed by atoms with E-state index in [9.17, 15) is 0 Å². The predicted molar refractivity (Wildman–Crippen MR) is 68.4 cm³/mol. The Morgan fingerprint density at radius 3 is 2.53 bits per heavy atom. The Balaban J connectivity index is 2.23. The molecule has 0 amide bonds. The zero-order chi connectivity index (χ0) is 12.3. The average molecular weight is 230 g/mol. The number of hydrogen-bond acceptors (Lipinski definition) is 3. The van der Waals surface area contributed by atoms with Crippen molar-refractivity contribution in [3.8, 4) is 11.3 Å². The topological polar surface area (TPSA) is 52.0 Å². The molecular formula is C14H18N2O. The van der Waals surface area contributed by atoms with Crippen LogP contribution in [0.4, 0.5) is 0 Å². The Hall–Kier alpha value is -1.61. The Bertz CT molecular complexity index is 471. The summed E-state index contributed by atoms with van der Waals surface area (Å²) in [5.41, 5.74) is 8.96. The van der Waals surface area contributed by atoms with Crippen LogP contribution in [0, 0.1) is 5.92 Å². The first-order valence-electron chi connectivity index (χ1n) is 5.93. The van der Waals surface area contributed by atoms with Crippen LogP contribution in [-0.4, -0.2) is 5.16 Å². The zero-order valence-corrected chi connectivity index (χ0v) is 10.3. The van der Waals surface area contributed by atoms with Crippen molar-refractivity contribution in [2.45, 2.75) is 26.8 Å². The first kappa shape index (κ1) is 11.9. The molecule has 3 nitrogen and oxygen atoms in total. The molecular weight excluding hydrogens is 212 g/mol. The lowest BCUT2D eigenvalue weighted by atomic mass is 10.0. The minimum atomic E-state index is 0.451. The summed E-state index contributed by atoms with van der Waals surface area (Å²) in [4.78, 5) is 0. The molecule has 2 rings (SSSR count). The van der Waals surface area contributed by atoms with Crippen molar-refractivity contribution in [3.05, 3.63) is 41.6 Å². The van der Waals surface area contributed by atoms with Crippen LogP contribution in [0.5, 0.6) is 0 Å². The lowest BCUT2D eigenvalue weighted by Gasteiger charge is -2.05. The maximum atomic E-state index is 5.63. The van der Waals surface area contributed by atoms with E-state index < -0.39 is 0 Å². The highest BCUT2D eigenvalue weighted by Gasteiger charge is 2.09. The third-order valence-corrected chi connectivity index (χ3v) is 2.72. The van der Waals surface area contributed by atoms with E-state index in [0.29, 0.717) is 12.5 Å². The second-order valence-corrected chi connectivity index (χ2v) is 4.68. The standard InChI is InChI=1S/C14H18N2O/c1-10(2)7-11-3-5-12(6-4-11)14-13(8-15)9-16-17-14/h3-6,9-10H,7-8,15H2,1-2H3. The van der Waals surface area contributed by atoms with Gasteiger partial charge in [-0.25, -0.2) is 0 Å². The van der Waals surface area contributed by atoms with Crippen molar-refractivity contribution in [1.29, 1.82) is 0 Å². The van der Waals surface area contributed by atoms with Crippen molar-refractivity contribution >= 4 is 0 Å². The van der Waals surface area contributed by atoms with Crippen LogP contribution in [-0.2, 0) is 13.0 Å². The van der Waals surface area contributed by atoms with E-state index in [1.165, 1.54) is 5.56 Å². The minimum absolute atomic E-state index is 0.451. The van der Waals surface area contributed by atoms with Gasteiger partial charge in [-0.1, -0.05) is 43.3 Å². The molecule has 0 saturated heterocycles. The Morgan fingerprint density at radius 1 is 1.24 bits per heavy atom. The summed E-state index contributed by atoms with van der Waals surface area (Å²) in [5, 5.41) is 3.79. The molecule has 1 aromatic heterocycles. The molecule has 2 N–H and O–H groups in total. The maximum Gasteiger partial charge on any atom is 0.171 e. The van der Waals surface area contributed by atoms with Gasteiger partial charge in [0.25, 0.3) is 0 Å². The summed E-state index contributed by atoms with van der Waals surface area (Å²) in [6.45, 7) is 4.89. The number of hydrogen-bond donors (Lipinski definition) is 1. The minimum Gasteiger partial charge on any atom is -0.356 e. The second-order valence-electron chi connectivity index (χ2n) is 4.68. The normalized spacial score (nSPS) is 11.1. The number of rotatable bonds is 4. The Kier molecular flexibility index (Phi) is 3.59. The Morgan fingerprint density at radius 2 is 1.94 bits per heavy atom. The van der Waals surface area contributed by atoms with Crippen molar-refractivity contribution in [3.63, 3.8) is 0 Å². The summed E-state index contributed by atoms with van der Waals surface area (Å²) < 4.78 is 5.23. The van der Waals surface area contributed by atoms with E-state index >= 15 is 0 Å². The molecule has 0 atom stereocenters. The summed E-state index contributed by atoms with van der Waals surface area (Å²) in [5.74, 6) is 1.45. The molecule has 0 bridgehead atoms. The lowest BCUT2D eigenvalue weighted by molar-refractivity contribution is 0.431. The van der Waals surface area contributed by atoms with Crippen molar-refractivity contribution in [2.24, 2.45) is 11.7 Å². The van der Waals surface area contributed by atoms with E-state index in [-0.39, 0.29) is 0 Å². The van der Waals surface area contributed by atoms with Gasteiger partial charge in [0.05, 0.1) is 6.20 Å². The maximum absolute atomic E-state index is 5.63. The summed E-state index contributed by atoms with van der Waals surface area (Å²) >= 11 is 0. The van der Waals surface area contributed by atoms with Gasteiger partial charge in [0.15, 0.2) is 5.76 Å². The van der Waals surface area contributed by atoms with Crippen LogP contribution < -0.4 is 5.73 Å². The van der Waals surface area contributed by atoms with E-state index in [1.807, 2.05) is 0 Å². The number of nitrogens with two attached hydrogens (primary N) is 1. The molecule has 0 unspecified atom stereocenters. The number of aromatic nitrogens is 1. The second kappa shape index (κ2) is 5.15. The fourth-order valence-corrected chi connectivity index (χ4v) is 1.91. The van der Waals surface area contributed by atoms with E-state index in [2.05, 4.69) is 43.3 Å². The van der Waals surface area contributed by atoms with Crippen molar-refractivity contribution in [2.75, 3.05) is 0 Å². The van der Waals surface area contributed by atoms with Gasteiger partial charge in [-0.05, 0) is 17.9 Å². The molecule has 0 aliphatic heterocycles. The van der Waals surface area contributed by atoms with Crippen LogP contribution >= 0.6 is 0 Å². The Labute approximate surface area is 102 Å². The van der Waals surface area contributed by atoms with Crippen molar-refractivity contribution in [1.82, 2.24) is 5.16 Å². The fraction of sp³-hybridized carbons (Fsp3) is 0.357. The predicted octanol–water partition coefficient (Wildman–Crippen LogP) is 3.00. The van der Waals surface area contributed by atoms with Gasteiger partial charge in [-0.15, -0.1) is 0 Å². The van der Waals surface area contributed by atoms with Gasteiger partial charge in [0.1, 0.15) is 0 Å². The summed E-state index contributed by atoms with van der Waals surface area (Å²) in [7, 11) is 0. The first-order valence-corrected chi connectivity index (χ1v) is 5.93. The van der Waals surface area contributed by atoms with Crippen LogP contribution in [0.1, 0.15) is 25.0 Å². The molecule has 3 heteroatoms. The molecule has 0 aliphatic rings. The highest BCUT2D eigenvalue weighted by atomic mass is 16.5. The summed E-state index contributed by atoms with van der Waals surface area (Å²) in [6.07, 6.45) is 2.78. The molecule has 0 fully saturated rings. The van der Waals surface area contributed by atoms with Gasteiger partial charge in [0, 0.05) is 17.7 Å². The van der Waals surface area contributed by atoms with Gasteiger partial charge < -0.3 is 10.3 Å².